The second-order valence-electron chi connectivity index (χ2n) is 5.48. The Labute approximate surface area is 137 Å². The summed E-state index contributed by atoms with van der Waals surface area (Å²) in [5, 5.41) is 3.36. The molecule has 0 aromatic heterocycles. The van der Waals surface area contributed by atoms with Crippen LogP contribution in [-0.2, 0) is 23.1 Å². The molecular formula is C17H22N2O3S. The lowest BCUT2D eigenvalue weighted by Crippen LogP contribution is -2.13. The molecule has 0 amide bonds. The smallest absolute Gasteiger partial charge is 0.229 e. The standard InChI is InChI=1S/C17H22N2O3S/c1-13-4-5-15(10-17(13)22-2)12-18-11-14-6-8-16(9-7-14)19-23(3,20)21/h4-10,18-19H,11-12H2,1-3H3. The summed E-state index contributed by atoms with van der Waals surface area (Å²) >= 11 is 0. The summed E-state index contributed by atoms with van der Waals surface area (Å²) in [6.45, 7) is 3.46. The predicted octanol–water partition coefficient (Wildman–Crippen LogP) is 2.66. The van der Waals surface area contributed by atoms with E-state index < -0.39 is 10.0 Å². The van der Waals surface area contributed by atoms with Gasteiger partial charge in [0.05, 0.1) is 13.4 Å². The molecule has 5 nitrogen and oxygen atoms in total. The lowest BCUT2D eigenvalue weighted by atomic mass is 10.1. The second-order valence-corrected chi connectivity index (χ2v) is 7.23. The summed E-state index contributed by atoms with van der Waals surface area (Å²) in [6, 6.07) is 13.5. The first-order valence-corrected chi connectivity index (χ1v) is 9.17. The summed E-state index contributed by atoms with van der Waals surface area (Å²) in [6.07, 6.45) is 1.14. The van der Waals surface area contributed by atoms with Gasteiger partial charge in [-0.05, 0) is 41.8 Å². The third-order valence-corrected chi connectivity index (χ3v) is 3.99. The van der Waals surface area contributed by atoms with Gasteiger partial charge in [0.25, 0.3) is 0 Å². The van der Waals surface area contributed by atoms with E-state index in [0.29, 0.717) is 12.2 Å². The molecule has 0 radical (unpaired) electrons. The van der Waals surface area contributed by atoms with E-state index in [2.05, 4.69) is 16.1 Å². The van der Waals surface area contributed by atoms with Crippen LogP contribution in [0.5, 0.6) is 5.75 Å². The summed E-state index contributed by atoms with van der Waals surface area (Å²) in [4.78, 5) is 0. The highest BCUT2D eigenvalue weighted by atomic mass is 32.2. The Hall–Kier alpha value is -2.05. The quantitative estimate of drug-likeness (QED) is 0.817. The van der Waals surface area contributed by atoms with Crippen LogP contribution in [0.25, 0.3) is 0 Å². The van der Waals surface area contributed by atoms with Crippen LogP contribution in [0.3, 0.4) is 0 Å². The first kappa shape index (κ1) is 17.3. The molecule has 6 heteroatoms. The molecular weight excluding hydrogens is 312 g/mol. The summed E-state index contributed by atoms with van der Waals surface area (Å²) < 4.78 is 30.1. The molecule has 0 spiro atoms. The third kappa shape index (κ3) is 5.58. The van der Waals surface area contributed by atoms with Crippen LogP contribution < -0.4 is 14.8 Å². The summed E-state index contributed by atoms with van der Waals surface area (Å²) in [5.74, 6) is 0.889. The van der Waals surface area contributed by atoms with Gasteiger partial charge in [-0.15, -0.1) is 0 Å². The van der Waals surface area contributed by atoms with Gasteiger partial charge in [0.15, 0.2) is 0 Å². The molecule has 0 aliphatic carbocycles. The maximum Gasteiger partial charge on any atom is 0.229 e. The Kier molecular flexibility index (Phi) is 5.63. The van der Waals surface area contributed by atoms with Crippen molar-refractivity contribution >= 4 is 15.7 Å². The van der Waals surface area contributed by atoms with Crippen LogP contribution >= 0.6 is 0 Å². The first-order valence-electron chi connectivity index (χ1n) is 7.28. The molecule has 2 aromatic rings. The molecule has 0 saturated carbocycles. The number of ether oxygens (including phenoxy) is 1. The SMILES string of the molecule is COc1cc(CNCc2ccc(NS(C)(=O)=O)cc2)ccc1C. The molecule has 0 aliphatic rings. The van der Waals surface area contributed by atoms with E-state index in [-0.39, 0.29) is 0 Å². The molecule has 0 aliphatic heterocycles. The minimum absolute atomic E-state index is 0.569. The van der Waals surface area contributed by atoms with Crippen molar-refractivity contribution in [1.29, 1.82) is 0 Å². The molecule has 2 N–H and O–H groups in total. The van der Waals surface area contributed by atoms with Gasteiger partial charge in [0, 0.05) is 18.8 Å². The van der Waals surface area contributed by atoms with Gasteiger partial charge in [-0.3, -0.25) is 4.72 Å². The van der Waals surface area contributed by atoms with E-state index in [9.17, 15) is 8.42 Å². The minimum Gasteiger partial charge on any atom is -0.496 e. The van der Waals surface area contributed by atoms with E-state index in [1.807, 2.05) is 31.2 Å². The fraction of sp³-hybridized carbons (Fsp3) is 0.294. The van der Waals surface area contributed by atoms with Crippen LogP contribution in [0.15, 0.2) is 42.5 Å². The van der Waals surface area contributed by atoms with Gasteiger partial charge < -0.3 is 10.1 Å². The topological polar surface area (TPSA) is 67.4 Å². The highest BCUT2D eigenvalue weighted by Crippen LogP contribution is 2.19. The van der Waals surface area contributed by atoms with Crippen LogP contribution in [0, 0.1) is 6.92 Å². The third-order valence-electron chi connectivity index (χ3n) is 3.39. The number of rotatable bonds is 7. The van der Waals surface area contributed by atoms with E-state index >= 15 is 0 Å². The van der Waals surface area contributed by atoms with Crippen molar-refractivity contribution in [2.24, 2.45) is 0 Å². The number of sulfonamides is 1. The number of benzene rings is 2. The highest BCUT2D eigenvalue weighted by molar-refractivity contribution is 7.92. The number of anilines is 1. The number of hydrogen-bond acceptors (Lipinski definition) is 4. The Morgan fingerprint density at radius 3 is 2.22 bits per heavy atom. The highest BCUT2D eigenvalue weighted by Gasteiger charge is 2.02. The van der Waals surface area contributed by atoms with Gasteiger partial charge in [-0.2, -0.15) is 0 Å². The maximum atomic E-state index is 11.2. The van der Waals surface area contributed by atoms with Crippen molar-refractivity contribution in [3.05, 3.63) is 59.2 Å². The molecule has 0 bridgehead atoms. The van der Waals surface area contributed by atoms with E-state index in [4.69, 9.17) is 4.74 Å². The normalized spacial score (nSPS) is 11.3. The molecule has 2 aromatic carbocycles. The monoisotopic (exact) mass is 334 g/mol. The van der Waals surface area contributed by atoms with E-state index in [1.165, 1.54) is 0 Å². The predicted molar refractivity (Wildman–Crippen MR) is 93.2 cm³/mol. The van der Waals surface area contributed by atoms with Crippen LogP contribution in [-0.4, -0.2) is 21.8 Å². The Balaban J connectivity index is 1.89. The first-order chi connectivity index (χ1) is 10.9. The summed E-state index contributed by atoms with van der Waals surface area (Å²) in [5.41, 5.74) is 3.93. The van der Waals surface area contributed by atoms with Crippen molar-refractivity contribution in [3.63, 3.8) is 0 Å². The Morgan fingerprint density at radius 2 is 1.61 bits per heavy atom. The van der Waals surface area contributed by atoms with Crippen molar-refractivity contribution in [2.75, 3.05) is 18.1 Å². The number of hydrogen-bond donors (Lipinski definition) is 2. The number of nitrogens with one attached hydrogen (secondary N) is 2. The molecule has 0 heterocycles. The summed E-state index contributed by atoms with van der Waals surface area (Å²) in [7, 11) is -1.56. The van der Waals surface area contributed by atoms with Gasteiger partial charge >= 0.3 is 0 Å². The van der Waals surface area contributed by atoms with Crippen molar-refractivity contribution in [2.45, 2.75) is 20.0 Å². The van der Waals surface area contributed by atoms with Gasteiger partial charge in [-0.1, -0.05) is 24.3 Å². The van der Waals surface area contributed by atoms with Crippen LogP contribution in [0.2, 0.25) is 0 Å². The zero-order chi connectivity index (χ0) is 16.9. The average molecular weight is 334 g/mol. The molecule has 2 rings (SSSR count). The molecule has 124 valence electrons. The fourth-order valence-electron chi connectivity index (χ4n) is 2.23. The molecule has 0 unspecified atom stereocenters. The van der Waals surface area contributed by atoms with Crippen LogP contribution in [0.4, 0.5) is 5.69 Å². The number of methoxy groups -OCH3 is 1. The Bertz CT molecular complexity index is 756. The van der Waals surface area contributed by atoms with Gasteiger partial charge in [-0.25, -0.2) is 8.42 Å². The largest absolute Gasteiger partial charge is 0.496 e. The molecule has 0 saturated heterocycles. The van der Waals surface area contributed by atoms with Crippen molar-refractivity contribution in [3.8, 4) is 5.75 Å². The lowest BCUT2D eigenvalue weighted by Gasteiger charge is -2.09. The molecule has 0 fully saturated rings. The fourth-order valence-corrected chi connectivity index (χ4v) is 2.79. The Morgan fingerprint density at radius 1 is 1.00 bits per heavy atom. The minimum atomic E-state index is -3.23. The second kappa shape index (κ2) is 7.48. The lowest BCUT2D eigenvalue weighted by molar-refractivity contribution is 0.411. The van der Waals surface area contributed by atoms with E-state index in [1.54, 1.807) is 19.2 Å². The van der Waals surface area contributed by atoms with Gasteiger partial charge in [0.1, 0.15) is 5.75 Å². The van der Waals surface area contributed by atoms with Crippen LogP contribution in [0.1, 0.15) is 16.7 Å². The van der Waals surface area contributed by atoms with E-state index in [0.717, 1.165) is 35.2 Å². The molecule has 0 atom stereocenters. The number of aryl methyl sites for hydroxylation is 1. The molecule has 23 heavy (non-hydrogen) atoms. The van der Waals surface area contributed by atoms with Gasteiger partial charge in [0.2, 0.25) is 10.0 Å². The average Bonchev–Trinajstić information content (AvgIpc) is 2.49. The maximum absolute atomic E-state index is 11.2. The zero-order valence-electron chi connectivity index (χ0n) is 13.6. The zero-order valence-corrected chi connectivity index (χ0v) is 14.4. The van der Waals surface area contributed by atoms with Crippen molar-refractivity contribution < 1.29 is 13.2 Å². The van der Waals surface area contributed by atoms with Crippen molar-refractivity contribution in [1.82, 2.24) is 5.32 Å².